The van der Waals surface area contributed by atoms with Crippen molar-refractivity contribution < 1.29 is 4.74 Å². The van der Waals surface area contributed by atoms with Crippen LogP contribution >= 0.6 is 23.2 Å². The molecule has 0 radical (unpaired) electrons. The van der Waals surface area contributed by atoms with Gasteiger partial charge in [-0.1, -0.05) is 30.1 Å². The third kappa shape index (κ3) is 1.65. The average molecular weight is 246 g/mol. The second-order valence-corrected chi connectivity index (χ2v) is 4.79. The fraction of sp³-hybridized carbons (Fsp3) is 0.545. The molecule has 2 atom stereocenters. The van der Waals surface area contributed by atoms with Crippen molar-refractivity contribution in [3.63, 3.8) is 0 Å². The number of rotatable bonds is 1. The van der Waals surface area contributed by atoms with Gasteiger partial charge in [0.05, 0.1) is 11.7 Å². The summed E-state index contributed by atoms with van der Waals surface area (Å²) in [6.07, 6.45) is 0.878. The number of ether oxygens (including phenoxy) is 1. The molecule has 0 fully saturated rings. The molecule has 4 heteroatoms. The summed E-state index contributed by atoms with van der Waals surface area (Å²) in [6.45, 7) is 6.13. The highest BCUT2D eigenvalue weighted by atomic mass is 35.5. The van der Waals surface area contributed by atoms with Crippen LogP contribution in [0.3, 0.4) is 0 Å². The summed E-state index contributed by atoms with van der Waals surface area (Å²) in [6, 6.07) is 1.86. The van der Waals surface area contributed by atoms with Gasteiger partial charge in [0, 0.05) is 5.56 Å². The lowest BCUT2D eigenvalue weighted by Crippen LogP contribution is -2.19. The van der Waals surface area contributed by atoms with Gasteiger partial charge >= 0.3 is 0 Å². The van der Waals surface area contributed by atoms with Crippen molar-refractivity contribution >= 4 is 23.2 Å². The molecule has 0 N–H and O–H groups in total. The molecule has 2 unspecified atom stereocenters. The summed E-state index contributed by atoms with van der Waals surface area (Å²) >= 11 is 12.0. The molecule has 0 aliphatic carbocycles. The van der Waals surface area contributed by atoms with Crippen molar-refractivity contribution in [1.82, 2.24) is 4.98 Å². The van der Waals surface area contributed by atoms with Crippen LogP contribution in [0.2, 0.25) is 10.3 Å². The summed E-state index contributed by atoms with van der Waals surface area (Å²) in [5.41, 5.74) is 1.76. The molecule has 1 aliphatic rings. The van der Waals surface area contributed by atoms with Crippen LogP contribution < -0.4 is 0 Å². The average Bonchev–Trinajstić information content (AvgIpc) is 2.39. The lowest BCUT2D eigenvalue weighted by atomic mass is 9.92. The van der Waals surface area contributed by atoms with E-state index in [9.17, 15) is 0 Å². The fourth-order valence-electron chi connectivity index (χ4n) is 2.10. The maximum atomic E-state index is 6.08. The van der Waals surface area contributed by atoms with Crippen LogP contribution in [-0.4, -0.2) is 4.98 Å². The van der Waals surface area contributed by atoms with Gasteiger partial charge in [-0.15, -0.1) is 0 Å². The Morgan fingerprint density at radius 3 is 2.80 bits per heavy atom. The minimum absolute atomic E-state index is 0.0118. The summed E-state index contributed by atoms with van der Waals surface area (Å²) in [5, 5.41) is 0.887. The van der Waals surface area contributed by atoms with Crippen LogP contribution in [0.1, 0.15) is 44.4 Å². The van der Waals surface area contributed by atoms with Crippen molar-refractivity contribution in [2.45, 2.75) is 38.9 Å². The molecule has 1 aromatic rings. The highest BCUT2D eigenvalue weighted by molar-refractivity contribution is 6.33. The van der Waals surface area contributed by atoms with E-state index in [1.807, 2.05) is 13.0 Å². The number of halogens is 2. The van der Waals surface area contributed by atoms with Gasteiger partial charge in [0.25, 0.3) is 0 Å². The summed E-state index contributed by atoms with van der Waals surface area (Å²) < 4.78 is 5.92. The molecule has 0 saturated heterocycles. The van der Waals surface area contributed by atoms with Crippen LogP contribution in [0.4, 0.5) is 0 Å². The second kappa shape index (κ2) is 3.62. The maximum Gasteiger partial charge on any atom is 0.136 e. The molecule has 0 amide bonds. The zero-order valence-electron chi connectivity index (χ0n) is 8.97. The fourth-order valence-corrected chi connectivity index (χ4v) is 2.69. The SMILES string of the molecule is CCC1(C)OC(C)c2c1cc(Cl)nc2Cl. The first-order chi connectivity index (χ1) is 6.98. The molecule has 0 aromatic carbocycles. The Morgan fingerprint density at radius 2 is 2.20 bits per heavy atom. The molecule has 2 heterocycles. The predicted molar refractivity (Wildman–Crippen MR) is 61.4 cm³/mol. The van der Waals surface area contributed by atoms with Gasteiger partial charge in [0.1, 0.15) is 10.3 Å². The van der Waals surface area contributed by atoms with Crippen LogP contribution in [0.25, 0.3) is 0 Å². The van der Waals surface area contributed by atoms with Crippen molar-refractivity contribution in [3.05, 3.63) is 27.5 Å². The van der Waals surface area contributed by atoms with E-state index in [2.05, 4.69) is 18.8 Å². The molecule has 0 bridgehead atoms. The standard InChI is InChI=1S/C11H13Cl2NO/c1-4-11(3)7-5-8(12)14-10(13)9(7)6(2)15-11/h5-6H,4H2,1-3H3. The Morgan fingerprint density at radius 1 is 1.53 bits per heavy atom. The van der Waals surface area contributed by atoms with Crippen LogP contribution in [-0.2, 0) is 10.3 Å². The number of hydrogen-bond donors (Lipinski definition) is 0. The monoisotopic (exact) mass is 245 g/mol. The maximum absolute atomic E-state index is 6.08. The van der Waals surface area contributed by atoms with E-state index in [1.165, 1.54) is 0 Å². The molecular formula is C11H13Cl2NO. The molecule has 2 rings (SSSR count). The van der Waals surface area contributed by atoms with E-state index in [1.54, 1.807) is 0 Å². The normalized spacial score (nSPS) is 29.3. The van der Waals surface area contributed by atoms with Crippen LogP contribution in [0.15, 0.2) is 6.07 Å². The smallest absolute Gasteiger partial charge is 0.136 e. The van der Waals surface area contributed by atoms with Gasteiger partial charge in [0.2, 0.25) is 0 Å². The van der Waals surface area contributed by atoms with E-state index in [4.69, 9.17) is 27.9 Å². The molecule has 0 saturated carbocycles. The Hall–Kier alpha value is -0.310. The zero-order valence-corrected chi connectivity index (χ0v) is 10.5. The van der Waals surface area contributed by atoms with Crippen molar-refractivity contribution in [1.29, 1.82) is 0 Å². The van der Waals surface area contributed by atoms with Crippen molar-refractivity contribution in [3.8, 4) is 0 Å². The highest BCUT2D eigenvalue weighted by Gasteiger charge is 2.40. The van der Waals surface area contributed by atoms with Crippen LogP contribution in [0, 0.1) is 0 Å². The Balaban J connectivity index is 2.65. The molecular weight excluding hydrogens is 233 g/mol. The number of fused-ring (bicyclic) bond motifs is 1. The molecule has 82 valence electrons. The van der Waals surface area contributed by atoms with Crippen LogP contribution in [0.5, 0.6) is 0 Å². The van der Waals surface area contributed by atoms with Crippen molar-refractivity contribution in [2.75, 3.05) is 0 Å². The molecule has 15 heavy (non-hydrogen) atoms. The second-order valence-electron chi connectivity index (χ2n) is 4.04. The largest absolute Gasteiger partial charge is 0.363 e. The van der Waals surface area contributed by atoms with Gasteiger partial charge < -0.3 is 4.74 Å². The van der Waals surface area contributed by atoms with Gasteiger partial charge in [-0.3, -0.25) is 0 Å². The van der Waals surface area contributed by atoms with Gasteiger partial charge in [-0.05, 0) is 31.9 Å². The summed E-state index contributed by atoms with van der Waals surface area (Å²) in [7, 11) is 0. The lowest BCUT2D eigenvalue weighted by molar-refractivity contribution is -0.0591. The molecule has 2 nitrogen and oxygen atoms in total. The number of hydrogen-bond acceptors (Lipinski definition) is 2. The first kappa shape index (κ1) is 11.2. The van der Waals surface area contributed by atoms with E-state index >= 15 is 0 Å². The third-order valence-electron chi connectivity index (χ3n) is 3.07. The first-order valence-electron chi connectivity index (χ1n) is 5.02. The quantitative estimate of drug-likeness (QED) is 0.696. The number of pyridine rings is 1. The lowest BCUT2D eigenvalue weighted by Gasteiger charge is -2.23. The third-order valence-corrected chi connectivity index (χ3v) is 3.55. The summed E-state index contributed by atoms with van der Waals surface area (Å²) in [5.74, 6) is 0. The van der Waals surface area contributed by atoms with Gasteiger partial charge in [0.15, 0.2) is 0 Å². The Labute approximate surface area is 99.6 Å². The minimum Gasteiger partial charge on any atom is -0.363 e. The Bertz CT molecular complexity index is 408. The zero-order chi connectivity index (χ0) is 11.2. The van der Waals surface area contributed by atoms with E-state index in [0.29, 0.717) is 10.3 Å². The van der Waals surface area contributed by atoms with E-state index in [-0.39, 0.29) is 11.7 Å². The highest BCUT2D eigenvalue weighted by Crippen LogP contribution is 2.47. The molecule has 1 aromatic heterocycles. The first-order valence-corrected chi connectivity index (χ1v) is 5.77. The predicted octanol–water partition coefficient (Wildman–Crippen LogP) is 4.10. The minimum atomic E-state index is -0.287. The van der Waals surface area contributed by atoms with Gasteiger partial charge in [-0.25, -0.2) is 4.98 Å². The van der Waals surface area contributed by atoms with Crippen molar-refractivity contribution in [2.24, 2.45) is 0 Å². The van der Waals surface area contributed by atoms with E-state index in [0.717, 1.165) is 17.5 Å². The molecule has 0 spiro atoms. The summed E-state index contributed by atoms with van der Waals surface area (Å²) in [4.78, 5) is 4.05. The number of aromatic nitrogens is 1. The Kier molecular flexibility index (Phi) is 2.70. The van der Waals surface area contributed by atoms with Gasteiger partial charge in [-0.2, -0.15) is 0 Å². The topological polar surface area (TPSA) is 22.1 Å². The number of nitrogens with zero attached hydrogens (tertiary/aromatic N) is 1. The van der Waals surface area contributed by atoms with E-state index < -0.39 is 0 Å². The molecule has 1 aliphatic heterocycles.